The molecule has 0 bridgehead atoms. The Hall–Kier alpha value is -1.14. The van der Waals surface area contributed by atoms with Gasteiger partial charge in [-0.2, -0.15) is 0 Å². The summed E-state index contributed by atoms with van der Waals surface area (Å²) in [7, 11) is 2.86. The molecule has 6 heteroatoms. The minimum absolute atomic E-state index is 0.162. The standard InChI is InChI=1S/C13H26N2O4/c1-5-13(6-2,8-12(17)19-4)15-11(16)7-10(9-14)18-3/h10H,5-9,14H2,1-4H3,(H,15,16). The Morgan fingerprint density at radius 3 is 2.21 bits per heavy atom. The van der Waals surface area contributed by atoms with E-state index in [4.69, 9.17) is 10.5 Å². The zero-order valence-corrected chi connectivity index (χ0v) is 12.3. The fourth-order valence-corrected chi connectivity index (χ4v) is 1.89. The van der Waals surface area contributed by atoms with Gasteiger partial charge in [0.1, 0.15) is 0 Å². The first kappa shape index (κ1) is 17.9. The van der Waals surface area contributed by atoms with E-state index in [1.165, 1.54) is 14.2 Å². The number of ether oxygens (including phenoxy) is 2. The fraction of sp³-hybridized carbons (Fsp3) is 0.846. The van der Waals surface area contributed by atoms with Gasteiger partial charge in [-0.15, -0.1) is 0 Å². The average molecular weight is 274 g/mol. The van der Waals surface area contributed by atoms with Crippen LogP contribution in [-0.2, 0) is 19.1 Å². The van der Waals surface area contributed by atoms with Crippen LogP contribution in [0.2, 0.25) is 0 Å². The van der Waals surface area contributed by atoms with Crippen molar-refractivity contribution in [3.8, 4) is 0 Å². The molecule has 19 heavy (non-hydrogen) atoms. The summed E-state index contributed by atoms with van der Waals surface area (Å²) >= 11 is 0. The van der Waals surface area contributed by atoms with Crippen molar-refractivity contribution in [2.24, 2.45) is 5.73 Å². The van der Waals surface area contributed by atoms with Crippen molar-refractivity contribution in [3.63, 3.8) is 0 Å². The second kappa shape index (κ2) is 8.87. The van der Waals surface area contributed by atoms with Crippen molar-refractivity contribution < 1.29 is 19.1 Å². The average Bonchev–Trinajstić information content (AvgIpc) is 2.43. The molecular weight excluding hydrogens is 248 g/mol. The van der Waals surface area contributed by atoms with Crippen LogP contribution >= 0.6 is 0 Å². The van der Waals surface area contributed by atoms with Crippen molar-refractivity contribution in [2.45, 2.75) is 51.2 Å². The summed E-state index contributed by atoms with van der Waals surface area (Å²) in [6.07, 6.45) is 1.37. The molecule has 6 nitrogen and oxygen atoms in total. The molecule has 0 spiro atoms. The van der Waals surface area contributed by atoms with Gasteiger partial charge in [0, 0.05) is 19.2 Å². The van der Waals surface area contributed by atoms with Crippen molar-refractivity contribution in [1.82, 2.24) is 5.32 Å². The summed E-state index contributed by atoms with van der Waals surface area (Å²) in [6, 6.07) is 0. The van der Waals surface area contributed by atoms with Gasteiger partial charge in [-0.25, -0.2) is 0 Å². The van der Waals surface area contributed by atoms with Crippen LogP contribution in [0.4, 0.5) is 0 Å². The molecule has 3 N–H and O–H groups in total. The molecule has 0 fully saturated rings. The van der Waals surface area contributed by atoms with Crippen LogP contribution in [0.1, 0.15) is 39.5 Å². The van der Waals surface area contributed by atoms with Crippen LogP contribution in [0, 0.1) is 0 Å². The minimum Gasteiger partial charge on any atom is -0.469 e. The number of rotatable bonds is 9. The molecule has 0 heterocycles. The fourth-order valence-electron chi connectivity index (χ4n) is 1.89. The lowest BCUT2D eigenvalue weighted by Gasteiger charge is -2.32. The van der Waals surface area contributed by atoms with Gasteiger partial charge in [-0.3, -0.25) is 9.59 Å². The molecule has 0 saturated carbocycles. The molecule has 0 radical (unpaired) electrons. The zero-order valence-electron chi connectivity index (χ0n) is 12.3. The van der Waals surface area contributed by atoms with Crippen LogP contribution in [0.3, 0.4) is 0 Å². The summed E-state index contributed by atoms with van der Waals surface area (Å²) in [5.41, 5.74) is 4.93. The van der Waals surface area contributed by atoms with Gasteiger partial charge < -0.3 is 20.5 Å². The topological polar surface area (TPSA) is 90.7 Å². The predicted molar refractivity (Wildman–Crippen MR) is 72.6 cm³/mol. The molecule has 1 amide bonds. The molecule has 1 unspecified atom stereocenters. The maximum absolute atomic E-state index is 12.0. The number of methoxy groups -OCH3 is 2. The molecule has 0 rings (SSSR count). The molecular formula is C13H26N2O4. The Morgan fingerprint density at radius 2 is 1.84 bits per heavy atom. The van der Waals surface area contributed by atoms with E-state index in [0.717, 1.165) is 0 Å². The van der Waals surface area contributed by atoms with Crippen molar-refractivity contribution in [2.75, 3.05) is 20.8 Å². The lowest BCUT2D eigenvalue weighted by molar-refractivity contribution is -0.143. The lowest BCUT2D eigenvalue weighted by atomic mass is 9.88. The van der Waals surface area contributed by atoms with Crippen molar-refractivity contribution in [3.05, 3.63) is 0 Å². The summed E-state index contributed by atoms with van der Waals surface area (Å²) < 4.78 is 9.76. The number of hydrogen-bond acceptors (Lipinski definition) is 5. The number of esters is 1. The number of hydrogen-bond donors (Lipinski definition) is 2. The van der Waals surface area contributed by atoms with Crippen LogP contribution in [-0.4, -0.2) is 44.3 Å². The summed E-state index contributed by atoms with van der Waals surface area (Å²) in [4.78, 5) is 23.4. The van der Waals surface area contributed by atoms with E-state index in [9.17, 15) is 9.59 Å². The Labute approximate surface area is 115 Å². The normalized spacial score (nSPS) is 12.9. The van der Waals surface area contributed by atoms with E-state index in [-0.39, 0.29) is 37.4 Å². The first-order valence-electron chi connectivity index (χ1n) is 6.57. The van der Waals surface area contributed by atoms with E-state index in [1.807, 2.05) is 13.8 Å². The van der Waals surface area contributed by atoms with Gasteiger partial charge >= 0.3 is 5.97 Å². The Bertz CT molecular complexity index is 286. The predicted octanol–water partition coefficient (Wildman–Crippen LogP) is 0.588. The van der Waals surface area contributed by atoms with Crippen LogP contribution in [0.5, 0.6) is 0 Å². The molecule has 1 atom stereocenters. The number of nitrogens with two attached hydrogens (primary N) is 1. The second-order valence-electron chi connectivity index (χ2n) is 4.59. The maximum Gasteiger partial charge on any atom is 0.307 e. The number of nitrogens with one attached hydrogen (secondary N) is 1. The molecule has 0 aliphatic rings. The third-order valence-electron chi connectivity index (χ3n) is 3.48. The van der Waals surface area contributed by atoms with Gasteiger partial charge in [0.25, 0.3) is 0 Å². The van der Waals surface area contributed by atoms with E-state index in [1.54, 1.807) is 0 Å². The monoisotopic (exact) mass is 274 g/mol. The molecule has 0 aromatic rings. The molecule has 0 aromatic carbocycles. The third kappa shape index (κ3) is 6.02. The molecule has 0 aromatic heterocycles. The Balaban J connectivity index is 4.64. The van der Waals surface area contributed by atoms with Crippen LogP contribution in [0.25, 0.3) is 0 Å². The third-order valence-corrected chi connectivity index (χ3v) is 3.48. The Kier molecular flexibility index (Phi) is 8.34. The Morgan fingerprint density at radius 1 is 1.26 bits per heavy atom. The molecule has 0 saturated heterocycles. The maximum atomic E-state index is 12.0. The zero-order chi connectivity index (χ0) is 14.9. The van der Waals surface area contributed by atoms with Gasteiger partial charge in [-0.1, -0.05) is 13.8 Å². The second-order valence-corrected chi connectivity index (χ2v) is 4.59. The van der Waals surface area contributed by atoms with Gasteiger partial charge in [-0.05, 0) is 12.8 Å². The van der Waals surface area contributed by atoms with Gasteiger partial charge in [0.2, 0.25) is 5.91 Å². The first-order chi connectivity index (χ1) is 8.96. The van der Waals surface area contributed by atoms with Gasteiger partial charge in [0.15, 0.2) is 0 Å². The number of amides is 1. The summed E-state index contributed by atoms with van der Waals surface area (Å²) in [5, 5.41) is 2.92. The first-order valence-corrected chi connectivity index (χ1v) is 6.57. The quantitative estimate of drug-likeness (QED) is 0.600. The van der Waals surface area contributed by atoms with E-state index >= 15 is 0 Å². The van der Waals surface area contributed by atoms with Crippen LogP contribution in [0.15, 0.2) is 0 Å². The lowest BCUT2D eigenvalue weighted by Crippen LogP contribution is -2.50. The highest BCUT2D eigenvalue weighted by molar-refractivity contribution is 5.79. The van der Waals surface area contributed by atoms with E-state index in [2.05, 4.69) is 10.1 Å². The largest absolute Gasteiger partial charge is 0.469 e. The SMILES string of the molecule is CCC(CC)(CC(=O)OC)NC(=O)CC(CN)OC. The summed E-state index contributed by atoms with van der Waals surface area (Å²) in [5.74, 6) is -0.490. The van der Waals surface area contributed by atoms with E-state index in [0.29, 0.717) is 12.8 Å². The number of carbonyl (C=O) groups excluding carboxylic acids is 2. The van der Waals surface area contributed by atoms with Crippen molar-refractivity contribution in [1.29, 1.82) is 0 Å². The highest BCUT2D eigenvalue weighted by Gasteiger charge is 2.31. The molecule has 112 valence electrons. The van der Waals surface area contributed by atoms with E-state index < -0.39 is 5.54 Å². The minimum atomic E-state index is -0.558. The van der Waals surface area contributed by atoms with Crippen LogP contribution < -0.4 is 11.1 Å². The molecule has 0 aliphatic carbocycles. The van der Waals surface area contributed by atoms with Crippen molar-refractivity contribution >= 4 is 11.9 Å². The highest BCUT2D eigenvalue weighted by Crippen LogP contribution is 2.20. The highest BCUT2D eigenvalue weighted by atomic mass is 16.5. The number of carbonyl (C=O) groups is 2. The smallest absolute Gasteiger partial charge is 0.307 e. The van der Waals surface area contributed by atoms with Gasteiger partial charge in [0.05, 0.1) is 26.1 Å². The molecule has 0 aliphatic heterocycles. The summed E-state index contributed by atoms with van der Waals surface area (Å²) in [6.45, 7) is 4.15.